The van der Waals surface area contributed by atoms with Crippen LogP contribution in [-0.2, 0) is 5.60 Å². The lowest BCUT2D eigenvalue weighted by Gasteiger charge is -2.24. The van der Waals surface area contributed by atoms with E-state index in [0.29, 0.717) is 15.8 Å². The molecule has 6 nitrogen and oxygen atoms in total. The highest BCUT2D eigenvalue weighted by Gasteiger charge is 2.24. The number of halogens is 1. The van der Waals surface area contributed by atoms with Gasteiger partial charge in [-0.25, -0.2) is 14.2 Å². The molecule has 118 valence electrons. The summed E-state index contributed by atoms with van der Waals surface area (Å²) in [5.74, 6) is -0.447. The van der Waals surface area contributed by atoms with Gasteiger partial charge in [0.2, 0.25) is 0 Å². The SMILES string of the molecule is COc1cnc(NC(=O)NCC(C)(O)c2cccc(F)c2)s1. The van der Waals surface area contributed by atoms with Crippen molar-refractivity contribution in [3.8, 4) is 5.06 Å². The number of thiazole rings is 1. The zero-order valence-corrected chi connectivity index (χ0v) is 12.9. The first kappa shape index (κ1) is 16.2. The number of nitrogens with zero attached hydrogens (tertiary/aromatic N) is 1. The average Bonchev–Trinajstić information content (AvgIpc) is 2.93. The lowest BCUT2D eigenvalue weighted by molar-refractivity contribution is 0.0596. The Hall–Kier alpha value is -2.19. The van der Waals surface area contributed by atoms with Crippen LogP contribution in [0.2, 0.25) is 0 Å². The maximum Gasteiger partial charge on any atom is 0.321 e. The molecular formula is C14H16FN3O3S. The molecule has 0 spiro atoms. The van der Waals surface area contributed by atoms with Gasteiger partial charge in [-0.05, 0) is 24.6 Å². The Morgan fingerprint density at radius 3 is 2.95 bits per heavy atom. The number of nitrogens with one attached hydrogen (secondary N) is 2. The minimum Gasteiger partial charge on any atom is -0.486 e. The summed E-state index contributed by atoms with van der Waals surface area (Å²) in [5.41, 5.74) is -1.01. The van der Waals surface area contributed by atoms with Crippen LogP contribution in [0.4, 0.5) is 14.3 Å². The second-order valence-corrected chi connectivity index (χ2v) is 5.77. The van der Waals surface area contributed by atoms with Gasteiger partial charge in [0, 0.05) is 0 Å². The second-order valence-electron chi connectivity index (χ2n) is 4.78. The Morgan fingerprint density at radius 1 is 1.55 bits per heavy atom. The Kier molecular flexibility index (Phi) is 4.94. The van der Waals surface area contributed by atoms with Crippen LogP contribution in [0, 0.1) is 5.82 Å². The fraction of sp³-hybridized carbons (Fsp3) is 0.286. The molecule has 2 rings (SSSR count). The molecule has 0 aliphatic rings. The highest BCUT2D eigenvalue weighted by Crippen LogP contribution is 2.25. The van der Waals surface area contributed by atoms with Gasteiger partial charge in [-0.3, -0.25) is 5.32 Å². The molecule has 0 saturated carbocycles. The number of hydrogen-bond acceptors (Lipinski definition) is 5. The molecule has 1 unspecified atom stereocenters. The van der Waals surface area contributed by atoms with Crippen molar-refractivity contribution in [1.29, 1.82) is 0 Å². The van der Waals surface area contributed by atoms with Gasteiger partial charge in [-0.15, -0.1) is 0 Å². The Morgan fingerprint density at radius 2 is 2.32 bits per heavy atom. The molecule has 8 heteroatoms. The number of amides is 2. The molecule has 2 aromatic rings. The van der Waals surface area contributed by atoms with Gasteiger partial charge in [0.15, 0.2) is 10.2 Å². The number of benzene rings is 1. The molecule has 0 saturated heterocycles. The number of carbonyl (C=O) groups excluding carboxylic acids is 1. The van der Waals surface area contributed by atoms with Crippen LogP contribution in [0.15, 0.2) is 30.5 Å². The quantitative estimate of drug-likeness (QED) is 0.788. The minimum atomic E-state index is -1.39. The van der Waals surface area contributed by atoms with Crippen molar-refractivity contribution in [1.82, 2.24) is 10.3 Å². The van der Waals surface area contributed by atoms with Crippen LogP contribution >= 0.6 is 11.3 Å². The van der Waals surface area contributed by atoms with E-state index in [1.54, 1.807) is 6.07 Å². The monoisotopic (exact) mass is 325 g/mol. The molecule has 0 bridgehead atoms. The van der Waals surface area contributed by atoms with Crippen molar-refractivity contribution in [3.63, 3.8) is 0 Å². The van der Waals surface area contributed by atoms with Crippen LogP contribution in [0.1, 0.15) is 12.5 Å². The minimum absolute atomic E-state index is 0.0786. The molecule has 0 radical (unpaired) electrons. The summed E-state index contributed by atoms with van der Waals surface area (Å²) < 4.78 is 18.2. The predicted octanol–water partition coefficient (Wildman–Crippen LogP) is 2.32. The van der Waals surface area contributed by atoms with Crippen molar-refractivity contribution in [3.05, 3.63) is 41.8 Å². The summed E-state index contributed by atoms with van der Waals surface area (Å²) in [7, 11) is 1.51. The fourth-order valence-electron chi connectivity index (χ4n) is 1.73. The fourth-order valence-corrected chi connectivity index (χ4v) is 2.36. The van der Waals surface area contributed by atoms with E-state index in [-0.39, 0.29) is 6.54 Å². The molecule has 1 aromatic carbocycles. The number of hydrogen-bond donors (Lipinski definition) is 3. The lowest BCUT2D eigenvalue weighted by Crippen LogP contribution is -2.40. The van der Waals surface area contributed by atoms with E-state index >= 15 is 0 Å². The van der Waals surface area contributed by atoms with E-state index in [1.165, 1.54) is 49.8 Å². The molecular weight excluding hydrogens is 309 g/mol. The Balaban J connectivity index is 1.92. The van der Waals surface area contributed by atoms with Crippen LogP contribution in [-0.4, -0.2) is 29.8 Å². The third-order valence-electron chi connectivity index (χ3n) is 2.95. The van der Waals surface area contributed by atoms with Crippen molar-refractivity contribution >= 4 is 22.5 Å². The van der Waals surface area contributed by atoms with Gasteiger partial charge in [-0.2, -0.15) is 0 Å². The maximum atomic E-state index is 13.2. The third kappa shape index (κ3) is 4.15. The topological polar surface area (TPSA) is 83.5 Å². The summed E-state index contributed by atoms with van der Waals surface area (Å²) in [6, 6.07) is 5.09. The van der Waals surface area contributed by atoms with Gasteiger partial charge >= 0.3 is 6.03 Å². The molecule has 3 N–H and O–H groups in total. The number of anilines is 1. The largest absolute Gasteiger partial charge is 0.486 e. The van der Waals surface area contributed by atoms with Crippen molar-refractivity contribution in [2.24, 2.45) is 0 Å². The molecule has 0 fully saturated rings. The normalized spacial score (nSPS) is 13.3. The summed E-state index contributed by atoms with van der Waals surface area (Å²) in [5, 5.41) is 16.3. The Labute approximate surface area is 131 Å². The average molecular weight is 325 g/mol. The zero-order valence-electron chi connectivity index (χ0n) is 12.1. The summed E-state index contributed by atoms with van der Waals surface area (Å²) in [6.07, 6.45) is 1.49. The van der Waals surface area contributed by atoms with Crippen LogP contribution in [0.25, 0.3) is 0 Å². The highest BCUT2D eigenvalue weighted by molar-refractivity contribution is 7.17. The molecule has 1 heterocycles. The van der Waals surface area contributed by atoms with Crippen molar-refractivity contribution < 1.29 is 19.0 Å². The molecule has 2 amide bonds. The zero-order chi connectivity index (χ0) is 16.2. The first-order valence-electron chi connectivity index (χ1n) is 6.44. The van der Waals surface area contributed by atoms with Crippen LogP contribution < -0.4 is 15.4 Å². The summed E-state index contributed by atoms with van der Waals surface area (Å²) in [6.45, 7) is 1.42. The van der Waals surface area contributed by atoms with Crippen LogP contribution in [0.3, 0.4) is 0 Å². The van der Waals surface area contributed by atoms with Gasteiger partial charge < -0.3 is 15.2 Å². The smallest absolute Gasteiger partial charge is 0.321 e. The maximum absolute atomic E-state index is 13.2. The number of carbonyl (C=O) groups is 1. The van der Waals surface area contributed by atoms with Crippen molar-refractivity contribution in [2.45, 2.75) is 12.5 Å². The van der Waals surface area contributed by atoms with E-state index in [9.17, 15) is 14.3 Å². The highest BCUT2D eigenvalue weighted by atomic mass is 32.1. The molecule has 22 heavy (non-hydrogen) atoms. The molecule has 0 aliphatic heterocycles. The first-order valence-corrected chi connectivity index (χ1v) is 7.25. The number of aliphatic hydroxyl groups is 1. The van der Waals surface area contributed by atoms with Gasteiger partial charge in [-0.1, -0.05) is 23.5 Å². The van der Waals surface area contributed by atoms with E-state index in [2.05, 4.69) is 15.6 Å². The predicted molar refractivity (Wildman–Crippen MR) is 81.7 cm³/mol. The van der Waals surface area contributed by atoms with Crippen molar-refractivity contribution in [2.75, 3.05) is 19.0 Å². The Bertz CT molecular complexity index is 660. The lowest BCUT2D eigenvalue weighted by atomic mass is 9.96. The second kappa shape index (κ2) is 6.71. The standard InChI is InChI=1S/C14H16FN3O3S/c1-14(20,9-4-3-5-10(15)6-9)8-17-12(19)18-13-16-7-11(21-2)22-13/h3-7,20H,8H2,1-2H3,(H2,16,17,18,19). The first-order chi connectivity index (χ1) is 10.4. The van der Waals surface area contributed by atoms with Gasteiger partial charge in [0.25, 0.3) is 0 Å². The van der Waals surface area contributed by atoms with E-state index < -0.39 is 17.4 Å². The molecule has 1 aromatic heterocycles. The number of methoxy groups -OCH3 is 1. The van der Waals surface area contributed by atoms with E-state index in [0.717, 1.165) is 0 Å². The number of aromatic nitrogens is 1. The molecule has 1 atom stereocenters. The number of rotatable bonds is 5. The third-order valence-corrected chi connectivity index (χ3v) is 3.82. The van der Waals surface area contributed by atoms with Crippen LogP contribution in [0.5, 0.6) is 5.06 Å². The van der Waals surface area contributed by atoms with E-state index in [4.69, 9.17) is 4.74 Å². The summed E-state index contributed by atoms with van der Waals surface area (Å²) >= 11 is 1.18. The van der Waals surface area contributed by atoms with Gasteiger partial charge in [0.05, 0.1) is 19.9 Å². The van der Waals surface area contributed by atoms with Gasteiger partial charge in [0.1, 0.15) is 11.4 Å². The van der Waals surface area contributed by atoms with E-state index in [1.807, 2.05) is 0 Å². The number of urea groups is 1. The molecule has 0 aliphatic carbocycles. The summed E-state index contributed by atoms with van der Waals surface area (Å²) in [4.78, 5) is 15.7. The number of ether oxygens (including phenoxy) is 1.